The van der Waals surface area contributed by atoms with Gasteiger partial charge in [0.1, 0.15) is 5.75 Å². The molecule has 0 radical (unpaired) electrons. The molecule has 2 aromatic rings. The first-order chi connectivity index (χ1) is 14.4. The van der Waals surface area contributed by atoms with Crippen LogP contribution in [0.4, 0.5) is 0 Å². The van der Waals surface area contributed by atoms with Crippen LogP contribution in [0.2, 0.25) is 0 Å². The second-order valence-electron chi connectivity index (χ2n) is 6.60. The lowest BCUT2D eigenvalue weighted by molar-refractivity contribution is -0.137. The number of carboxylic acid groups (broad SMARTS) is 1. The van der Waals surface area contributed by atoms with E-state index in [1.54, 1.807) is 39.5 Å². The SMILES string of the molecule is CCCC(=O)O.COc1cc(C2CC(c3cccc(O)c3)=NN2)cc(OC)c1OC. The Kier molecular flexibility index (Phi) is 8.34. The molecule has 0 spiro atoms. The van der Waals surface area contributed by atoms with Crippen molar-refractivity contribution in [1.29, 1.82) is 0 Å². The molecule has 0 aromatic heterocycles. The van der Waals surface area contributed by atoms with Gasteiger partial charge in [-0.15, -0.1) is 0 Å². The summed E-state index contributed by atoms with van der Waals surface area (Å²) in [4.78, 5) is 9.60. The van der Waals surface area contributed by atoms with Crippen LogP contribution in [0.25, 0.3) is 0 Å². The second kappa shape index (κ2) is 10.9. The number of aliphatic carboxylic acids is 1. The van der Waals surface area contributed by atoms with E-state index in [0.717, 1.165) is 23.3 Å². The third-order valence-corrected chi connectivity index (χ3v) is 4.49. The molecular weight excluding hydrogens is 388 g/mol. The number of carboxylic acids is 1. The summed E-state index contributed by atoms with van der Waals surface area (Å²) in [6.07, 6.45) is 1.72. The van der Waals surface area contributed by atoms with Crippen LogP contribution in [0.5, 0.6) is 23.0 Å². The van der Waals surface area contributed by atoms with Gasteiger partial charge in [-0.1, -0.05) is 19.1 Å². The standard InChI is InChI=1S/C18H20N2O4.C4H8O2/c1-22-16-8-12(9-17(23-2)18(16)24-3)15-10-14(19-20-15)11-5-4-6-13(21)7-11;1-2-3-4(5)6/h4-9,15,20-21H,10H2,1-3H3;2-3H2,1H3,(H,5,6). The molecule has 1 aliphatic rings. The molecule has 1 heterocycles. The largest absolute Gasteiger partial charge is 0.508 e. The third kappa shape index (κ3) is 5.79. The van der Waals surface area contributed by atoms with Gasteiger partial charge in [0, 0.05) is 18.4 Å². The topological polar surface area (TPSA) is 110 Å². The predicted octanol–water partition coefficient (Wildman–Crippen LogP) is 3.73. The van der Waals surface area contributed by atoms with Crippen LogP contribution in [0.1, 0.15) is 43.4 Å². The summed E-state index contributed by atoms with van der Waals surface area (Å²) < 4.78 is 16.2. The highest BCUT2D eigenvalue weighted by atomic mass is 16.5. The van der Waals surface area contributed by atoms with Crippen LogP contribution >= 0.6 is 0 Å². The Bertz CT molecular complexity index is 872. The number of rotatable bonds is 7. The van der Waals surface area contributed by atoms with Gasteiger partial charge >= 0.3 is 5.97 Å². The molecule has 3 rings (SSSR count). The molecule has 1 unspecified atom stereocenters. The van der Waals surface area contributed by atoms with E-state index in [0.29, 0.717) is 30.1 Å². The number of phenolic OH excluding ortho intramolecular Hbond substituents is 1. The number of hydrogen-bond acceptors (Lipinski definition) is 7. The lowest BCUT2D eigenvalue weighted by Crippen LogP contribution is -2.11. The molecule has 0 aliphatic carbocycles. The first-order valence-electron chi connectivity index (χ1n) is 9.56. The summed E-state index contributed by atoms with van der Waals surface area (Å²) in [5.41, 5.74) is 5.92. The number of carbonyl (C=O) groups is 1. The maximum Gasteiger partial charge on any atom is 0.303 e. The fraction of sp³-hybridized carbons (Fsp3) is 0.364. The van der Waals surface area contributed by atoms with Gasteiger partial charge in [-0.2, -0.15) is 5.10 Å². The number of phenols is 1. The molecule has 162 valence electrons. The zero-order valence-electron chi connectivity index (χ0n) is 17.6. The molecule has 1 atom stereocenters. The van der Waals surface area contributed by atoms with Crippen molar-refractivity contribution in [3.63, 3.8) is 0 Å². The molecule has 30 heavy (non-hydrogen) atoms. The number of hydrogen-bond donors (Lipinski definition) is 3. The minimum absolute atomic E-state index is 0.00365. The van der Waals surface area contributed by atoms with E-state index < -0.39 is 5.97 Å². The summed E-state index contributed by atoms with van der Waals surface area (Å²) in [6.45, 7) is 1.84. The Morgan fingerprint density at radius 2 is 1.80 bits per heavy atom. The maximum atomic E-state index is 9.63. The minimum Gasteiger partial charge on any atom is -0.508 e. The summed E-state index contributed by atoms with van der Waals surface area (Å²) in [5.74, 6) is 1.30. The second-order valence-corrected chi connectivity index (χ2v) is 6.60. The fourth-order valence-corrected chi connectivity index (χ4v) is 3.02. The van der Waals surface area contributed by atoms with Crippen LogP contribution < -0.4 is 19.6 Å². The molecule has 0 bridgehead atoms. The van der Waals surface area contributed by atoms with Gasteiger partial charge in [0.05, 0.1) is 33.1 Å². The molecule has 0 saturated carbocycles. The van der Waals surface area contributed by atoms with Gasteiger partial charge < -0.3 is 29.8 Å². The highest BCUT2D eigenvalue weighted by Crippen LogP contribution is 2.41. The number of ether oxygens (including phenoxy) is 3. The van der Waals surface area contributed by atoms with E-state index >= 15 is 0 Å². The molecule has 1 aliphatic heterocycles. The van der Waals surface area contributed by atoms with Gasteiger partial charge in [0.25, 0.3) is 0 Å². The van der Waals surface area contributed by atoms with Gasteiger partial charge in [-0.05, 0) is 36.2 Å². The molecule has 0 fully saturated rings. The number of methoxy groups -OCH3 is 3. The van der Waals surface area contributed by atoms with E-state index in [1.165, 1.54) is 0 Å². The van der Waals surface area contributed by atoms with Crippen LogP contribution in [0.3, 0.4) is 0 Å². The Morgan fingerprint density at radius 3 is 2.27 bits per heavy atom. The highest BCUT2D eigenvalue weighted by Gasteiger charge is 2.24. The summed E-state index contributed by atoms with van der Waals surface area (Å²) in [7, 11) is 4.77. The van der Waals surface area contributed by atoms with E-state index in [1.807, 2.05) is 25.1 Å². The fourth-order valence-electron chi connectivity index (χ4n) is 3.02. The summed E-state index contributed by atoms with van der Waals surface area (Å²) in [6, 6.07) is 10.9. The first-order valence-corrected chi connectivity index (χ1v) is 9.56. The van der Waals surface area contributed by atoms with E-state index in [9.17, 15) is 9.90 Å². The lowest BCUT2D eigenvalue weighted by Gasteiger charge is -2.17. The Hall–Kier alpha value is -3.42. The molecular formula is C22H28N2O6. The third-order valence-electron chi connectivity index (χ3n) is 4.49. The summed E-state index contributed by atoms with van der Waals surface area (Å²) in [5, 5.41) is 21.9. The van der Waals surface area contributed by atoms with Crippen molar-refractivity contribution in [3.8, 4) is 23.0 Å². The van der Waals surface area contributed by atoms with Gasteiger partial charge in [-0.3, -0.25) is 4.79 Å². The number of nitrogens with zero attached hydrogens (tertiary/aromatic N) is 1. The van der Waals surface area contributed by atoms with E-state index in [2.05, 4.69) is 10.5 Å². The monoisotopic (exact) mass is 416 g/mol. The quantitative estimate of drug-likeness (QED) is 0.631. The van der Waals surface area contributed by atoms with Gasteiger partial charge in [0.15, 0.2) is 11.5 Å². The van der Waals surface area contributed by atoms with Gasteiger partial charge in [0.2, 0.25) is 5.75 Å². The first kappa shape index (κ1) is 22.9. The summed E-state index contributed by atoms with van der Waals surface area (Å²) >= 11 is 0. The number of nitrogens with one attached hydrogen (secondary N) is 1. The van der Waals surface area contributed by atoms with Gasteiger partial charge in [-0.25, -0.2) is 0 Å². The van der Waals surface area contributed by atoms with Crippen molar-refractivity contribution in [2.45, 2.75) is 32.2 Å². The smallest absolute Gasteiger partial charge is 0.303 e. The predicted molar refractivity (Wildman–Crippen MR) is 114 cm³/mol. The molecule has 0 amide bonds. The van der Waals surface area contributed by atoms with Crippen LogP contribution in [-0.4, -0.2) is 43.2 Å². The maximum absolute atomic E-state index is 9.63. The van der Waals surface area contributed by atoms with Crippen LogP contribution in [0, 0.1) is 0 Å². The zero-order valence-corrected chi connectivity index (χ0v) is 17.6. The van der Waals surface area contributed by atoms with Crippen molar-refractivity contribution in [1.82, 2.24) is 5.43 Å². The zero-order chi connectivity index (χ0) is 22.1. The molecule has 8 nitrogen and oxygen atoms in total. The number of benzene rings is 2. The van der Waals surface area contributed by atoms with E-state index in [-0.39, 0.29) is 11.8 Å². The Balaban J connectivity index is 0.000000469. The van der Waals surface area contributed by atoms with E-state index in [4.69, 9.17) is 19.3 Å². The van der Waals surface area contributed by atoms with Crippen LogP contribution in [0.15, 0.2) is 41.5 Å². The van der Waals surface area contributed by atoms with Crippen LogP contribution in [-0.2, 0) is 4.79 Å². The van der Waals surface area contributed by atoms with Crippen molar-refractivity contribution < 1.29 is 29.2 Å². The van der Waals surface area contributed by atoms with Crippen molar-refractivity contribution in [3.05, 3.63) is 47.5 Å². The average Bonchev–Trinajstić information content (AvgIpc) is 3.23. The molecule has 0 saturated heterocycles. The van der Waals surface area contributed by atoms with Crippen molar-refractivity contribution in [2.24, 2.45) is 5.10 Å². The Morgan fingerprint density at radius 1 is 1.13 bits per heavy atom. The van der Waals surface area contributed by atoms with Crippen molar-refractivity contribution in [2.75, 3.05) is 21.3 Å². The molecule has 8 heteroatoms. The van der Waals surface area contributed by atoms with Crippen molar-refractivity contribution >= 4 is 11.7 Å². The minimum atomic E-state index is -0.711. The average molecular weight is 416 g/mol. The molecule has 2 aromatic carbocycles. The lowest BCUT2D eigenvalue weighted by atomic mass is 9.98. The highest BCUT2D eigenvalue weighted by molar-refractivity contribution is 6.02. The number of hydrazone groups is 1. The molecule has 3 N–H and O–H groups in total. The normalized spacial score (nSPS) is 14.7. The Labute approximate surface area is 176 Å². The number of aromatic hydroxyl groups is 1.